The Bertz CT molecular complexity index is 720. The highest BCUT2D eigenvalue weighted by Gasteiger charge is 2.47. The fourth-order valence-electron chi connectivity index (χ4n) is 3.34. The summed E-state index contributed by atoms with van der Waals surface area (Å²) in [5, 5.41) is 8.45. The standard InChI is InChI=1S/C16H20N4OS/c1-3-14-17-18-15-9-19(6-7-20(14)15)16(21)12-8-11(12)13-5-4-10(2)22-13/h4-5,11-12H,3,6-9H2,1-2H3/t11-,12+/m0/s1. The molecule has 1 aliphatic heterocycles. The van der Waals surface area contributed by atoms with E-state index in [9.17, 15) is 4.79 Å². The quantitative estimate of drug-likeness (QED) is 0.873. The lowest BCUT2D eigenvalue weighted by molar-refractivity contribution is -0.134. The summed E-state index contributed by atoms with van der Waals surface area (Å²) in [7, 11) is 0. The van der Waals surface area contributed by atoms with E-state index in [-0.39, 0.29) is 5.92 Å². The van der Waals surface area contributed by atoms with E-state index < -0.39 is 0 Å². The van der Waals surface area contributed by atoms with Crippen molar-refractivity contribution in [2.24, 2.45) is 5.92 Å². The highest BCUT2D eigenvalue weighted by Crippen LogP contribution is 2.50. The zero-order valence-corrected chi connectivity index (χ0v) is 13.8. The maximum atomic E-state index is 12.7. The van der Waals surface area contributed by atoms with Crippen LogP contribution in [0.5, 0.6) is 0 Å². The molecule has 2 aromatic rings. The molecule has 1 fully saturated rings. The van der Waals surface area contributed by atoms with Crippen molar-refractivity contribution in [3.8, 4) is 0 Å². The van der Waals surface area contributed by atoms with Crippen LogP contribution in [0.3, 0.4) is 0 Å². The lowest BCUT2D eigenvalue weighted by Gasteiger charge is -2.28. The Kier molecular flexibility index (Phi) is 3.29. The molecule has 22 heavy (non-hydrogen) atoms. The third-order valence-electron chi connectivity index (χ3n) is 4.69. The van der Waals surface area contributed by atoms with Crippen LogP contribution in [0.25, 0.3) is 0 Å². The van der Waals surface area contributed by atoms with E-state index in [0.29, 0.717) is 18.4 Å². The number of amides is 1. The second-order valence-electron chi connectivity index (χ2n) is 6.19. The first-order valence-electron chi connectivity index (χ1n) is 7.93. The molecule has 0 radical (unpaired) electrons. The fourth-order valence-corrected chi connectivity index (χ4v) is 4.39. The average molecular weight is 316 g/mol. The Hall–Kier alpha value is -1.69. The summed E-state index contributed by atoms with van der Waals surface area (Å²) in [5.74, 6) is 2.87. The normalized spacial score (nSPS) is 23.5. The zero-order chi connectivity index (χ0) is 15.3. The first kappa shape index (κ1) is 13.9. The summed E-state index contributed by atoms with van der Waals surface area (Å²) in [4.78, 5) is 17.4. The Labute approximate surface area is 134 Å². The molecule has 6 heteroatoms. The van der Waals surface area contributed by atoms with Crippen molar-refractivity contribution in [3.63, 3.8) is 0 Å². The molecule has 1 saturated carbocycles. The molecule has 2 aliphatic rings. The van der Waals surface area contributed by atoms with Gasteiger partial charge in [-0.05, 0) is 25.5 Å². The number of nitrogens with zero attached hydrogens (tertiary/aromatic N) is 4. The minimum atomic E-state index is 0.179. The van der Waals surface area contributed by atoms with Crippen LogP contribution in [-0.2, 0) is 24.3 Å². The Morgan fingerprint density at radius 1 is 1.36 bits per heavy atom. The number of carbonyl (C=O) groups excluding carboxylic acids is 1. The van der Waals surface area contributed by atoms with E-state index >= 15 is 0 Å². The van der Waals surface area contributed by atoms with E-state index in [1.807, 2.05) is 16.2 Å². The van der Waals surface area contributed by atoms with Crippen LogP contribution in [0.15, 0.2) is 12.1 Å². The minimum Gasteiger partial charge on any atom is -0.333 e. The van der Waals surface area contributed by atoms with Gasteiger partial charge >= 0.3 is 0 Å². The number of fused-ring (bicyclic) bond motifs is 1. The SMILES string of the molecule is CCc1nnc2n1CCN(C(=O)[C@@H]1C[C@@H]1c1ccc(C)s1)C2. The number of aromatic nitrogens is 3. The van der Waals surface area contributed by atoms with Gasteiger partial charge in [0.15, 0.2) is 5.82 Å². The summed E-state index contributed by atoms with van der Waals surface area (Å²) >= 11 is 1.82. The van der Waals surface area contributed by atoms with E-state index in [1.54, 1.807) is 0 Å². The highest BCUT2D eigenvalue weighted by atomic mass is 32.1. The van der Waals surface area contributed by atoms with Gasteiger partial charge in [-0.25, -0.2) is 0 Å². The van der Waals surface area contributed by atoms with E-state index in [2.05, 4.69) is 40.7 Å². The van der Waals surface area contributed by atoms with Gasteiger partial charge in [0.25, 0.3) is 0 Å². The zero-order valence-electron chi connectivity index (χ0n) is 13.0. The molecular weight excluding hydrogens is 296 g/mol. The fraction of sp³-hybridized carbons (Fsp3) is 0.562. The van der Waals surface area contributed by atoms with Crippen LogP contribution in [0, 0.1) is 12.8 Å². The number of hydrogen-bond donors (Lipinski definition) is 0. The molecule has 0 aromatic carbocycles. The predicted molar refractivity (Wildman–Crippen MR) is 84.7 cm³/mol. The number of rotatable bonds is 3. The Balaban J connectivity index is 1.44. The van der Waals surface area contributed by atoms with Crippen LogP contribution in [0.2, 0.25) is 0 Å². The maximum Gasteiger partial charge on any atom is 0.226 e. The van der Waals surface area contributed by atoms with Gasteiger partial charge in [-0.15, -0.1) is 21.5 Å². The first-order chi connectivity index (χ1) is 10.7. The second-order valence-corrected chi connectivity index (χ2v) is 7.51. The maximum absolute atomic E-state index is 12.7. The summed E-state index contributed by atoms with van der Waals surface area (Å²) in [6.07, 6.45) is 1.89. The van der Waals surface area contributed by atoms with Crippen molar-refractivity contribution in [1.82, 2.24) is 19.7 Å². The third kappa shape index (κ3) is 2.26. The predicted octanol–water partition coefficient (Wildman–Crippen LogP) is 2.36. The van der Waals surface area contributed by atoms with Gasteiger partial charge < -0.3 is 9.47 Å². The van der Waals surface area contributed by atoms with E-state index in [4.69, 9.17) is 0 Å². The van der Waals surface area contributed by atoms with E-state index in [0.717, 1.165) is 37.6 Å². The topological polar surface area (TPSA) is 51.0 Å². The summed E-state index contributed by atoms with van der Waals surface area (Å²) in [5.41, 5.74) is 0. The van der Waals surface area contributed by atoms with Gasteiger partial charge in [-0.3, -0.25) is 4.79 Å². The monoisotopic (exact) mass is 316 g/mol. The minimum absolute atomic E-state index is 0.179. The smallest absolute Gasteiger partial charge is 0.226 e. The van der Waals surface area contributed by atoms with Crippen molar-refractivity contribution < 1.29 is 4.79 Å². The number of carbonyl (C=O) groups is 1. The van der Waals surface area contributed by atoms with Crippen LogP contribution in [0.1, 0.15) is 40.7 Å². The molecule has 0 unspecified atom stereocenters. The molecular formula is C16H20N4OS. The van der Waals surface area contributed by atoms with Crippen LogP contribution in [0.4, 0.5) is 0 Å². The van der Waals surface area contributed by atoms with Crippen molar-refractivity contribution in [2.75, 3.05) is 6.54 Å². The molecule has 0 bridgehead atoms. The molecule has 0 N–H and O–H groups in total. The third-order valence-corrected chi connectivity index (χ3v) is 5.82. The molecule has 0 spiro atoms. The average Bonchev–Trinajstić information content (AvgIpc) is 3.03. The van der Waals surface area contributed by atoms with Gasteiger partial charge in [-0.1, -0.05) is 6.92 Å². The molecule has 4 rings (SSSR count). The lowest BCUT2D eigenvalue weighted by atomic mass is 10.2. The summed E-state index contributed by atoms with van der Waals surface area (Å²) < 4.78 is 2.16. The molecule has 2 aromatic heterocycles. The first-order valence-corrected chi connectivity index (χ1v) is 8.75. The lowest BCUT2D eigenvalue weighted by Crippen LogP contribution is -2.39. The molecule has 1 amide bonds. The van der Waals surface area contributed by atoms with Gasteiger partial charge in [0, 0.05) is 41.1 Å². The van der Waals surface area contributed by atoms with Crippen molar-refractivity contribution in [1.29, 1.82) is 0 Å². The molecule has 0 saturated heterocycles. The van der Waals surface area contributed by atoms with Crippen molar-refractivity contribution in [2.45, 2.75) is 45.7 Å². The summed E-state index contributed by atoms with van der Waals surface area (Å²) in [6.45, 7) is 6.43. The molecule has 3 heterocycles. The Morgan fingerprint density at radius 2 is 2.23 bits per heavy atom. The second kappa shape index (κ2) is 5.19. The van der Waals surface area contributed by atoms with Crippen molar-refractivity contribution >= 4 is 17.2 Å². The number of thiophene rings is 1. The Morgan fingerprint density at radius 3 is 2.95 bits per heavy atom. The molecule has 1 aliphatic carbocycles. The molecule has 116 valence electrons. The van der Waals surface area contributed by atoms with Crippen molar-refractivity contribution in [3.05, 3.63) is 33.5 Å². The van der Waals surface area contributed by atoms with Gasteiger partial charge in [0.1, 0.15) is 5.82 Å². The van der Waals surface area contributed by atoms with Gasteiger partial charge in [0.2, 0.25) is 5.91 Å². The molecule has 5 nitrogen and oxygen atoms in total. The van der Waals surface area contributed by atoms with Crippen LogP contribution < -0.4 is 0 Å². The number of hydrogen-bond acceptors (Lipinski definition) is 4. The van der Waals surface area contributed by atoms with E-state index in [1.165, 1.54) is 9.75 Å². The van der Waals surface area contributed by atoms with Crippen LogP contribution >= 0.6 is 11.3 Å². The largest absolute Gasteiger partial charge is 0.333 e. The molecule has 2 atom stereocenters. The summed E-state index contributed by atoms with van der Waals surface area (Å²) in [6, 6.07) is 4.33. The van der Waals surface area contributed by atoms with Gasteiger partial charge in [-0.2, -0.15) is 0 Å². The number of aryl methyl sites for hydroxylation is 2. The highest BCUT2D eigenvalue weighted by molar-refractivity contribution is 7.12. The van der Waals surface area contributed by atoms with Gasteiger partial charge in [0.05, 0.1) is 6.54 Å². The van der Waals surface area contributed by atoms with Crippen LogP contribution in [-0.4, -0.2) is 32.1 Å².